The van der Waals surface area contributed by atoms with E-state index in [-0.39, 0.29) is 29.2 Å². The number of aryl methyl sites for hydroxylation is 1. The minimum absolute atomic E-state index is 0.238. The van der Waals surface area contributed by atoms with Crippen LogP contribution >= 0.6 is 0 Å². The van der Waals surface area contributed by atoms with Gasteiger partial charge in [0.15, 0.2) is 0 Å². The molecule has 38 heavy (non-hydrogen) atoms. The Morgan fingerprint density at radius 3 is 2.68 bits per heavy atom. The van der Waals surface area contributed by atoms with Gasteiger partial charge in [0.25, 0.3) is 0 Å². The van der Waals surface area contributed by atoms with Crippen LogP contribution in [0.25, 0.3) is 10.9 Å². The number of hydrogen-bond donors (Lipinski definition) is 2. The summed E-state index contributed by atoms with van der Waals surface area (Å²) in [6, 6.07) is 7.22. The molecule has 4 heterocycles. The van der Waals surface area contributed by atoms with Crippen LogP contribution in [-0.4, -0.2) is 49.7 Å². The van der Waals surface area contributed by atoms with Crippen molar-refractivity contribution >= 4 is 22.7 Å². The van der Waals surface area contributed by atoms with Crippen LogP contribution in [-0.2, 0) is 28.8 Å². The first-order valence-electron chi connectivity index (χ1n) is 13.5. The van der Waals surface area contributed by atoms with E-state index >= 15 is 4.39 Å². The van der Waals surface area contributed by atoms with Gasteiger partial charge in [-0.3, -0.25) is 29.5 Å². The number of piperidine rings is 2. The molecule has 3 aromatic rings. The van der Waals surface area contributed by atoms with Crippen LogP contribution in [0, 0.1) is 11.2 Å². The maximum atomic E-state index is 16.1. The fraction of sp³-hybridized carbons (Fsp3) is 0.517. The molecule has 2 aromatic heterocycles. The van der Waals surface area contributed by atoms with E-state index in [0.717, 1.165) is 12.2 Å². The third-order valence-corrected chi connectivity index (χ3v) is 8.81. The van der Waals surface area contributed by atoms with E-state index in [1.54, 1.807) is 24.4 Å². The molecule has 0 spiro atoms. The van der Waals surface area contributed by atoms with Gasteiger partial charge in [0.1, 0.15) is 5.82 Å². The number of halogens is 1. The monoisotopic (exact) mass is 519 g/mol. The van der Waals surface area contributed by atoms with Gasteiger partial charge >= 0.3 is 0 Å². The standard InChI is InChI=1S/C29H34FN5O3/c1-28(2)16-35(15-19-13-24(17-4-5-17)33-34(19)3)11-10-29(28,38)22-7-8-23-21(26(22)30)12-18(14-31-23)20-6-9-25(36)32-27(20)37/h7-8,12-14,17,20,38H,4-6,9-11,15-16H2,1-3H3,(H,32,36,37). The Balaban J connectivity index is 1.27. The number of benzene rings is 1. The minimum atomic E-state index is -1.38. The summed E-state index contributed by atoms with van der Waals surface area (Å²) in [6.45, 7) is 5.92. The first kappa shape index (κ1) is 25.1. The quantitative estimate of drug-likeness (QED) is 0.500. The lowest BCUT2D eigenvalue weighted by Crippen LogP contribution is -2.55. The van der Waals surface area contributed by atoms with Crippen LogP contribution in [0.5, 0.6) is 0 Å². The van der Waals surface area contributed by atoms with Crippen molar-refractivity contribution in [3.8, 4) is 0 Å². The second-order valence-electron chi connectivity index (χ2n) is 11.9. The number of hydrogen-bond acceptors (Lipinski definition) is 6. The van der Waals surface area contributed by atoms with Crippen molar-refractivity contribution in [2.75, 3.05) is 13.1 Å². The molecule has 0 bridgehead atoms. The van der Waals surface area contributed by atoms with Crippen LogP contribution in [0.4, 0.5) is 4.39 Å². The van der Waals surface area contributed by atoms with E-state index in [1.165, 1.54) is 18.5 Å². The summed E-state index contributed by atoms with van der Waals surface area (Å²) in [6.07, 6.45) is 4.98. The molecule has 8 nitrogen and oxygen atoms in total. The zero-order chi connectivity index (χ0) is 26.8. The summed E-state index contributed by atoms with van der Waals surface area (Å²) >= 11 is 0. The molecule has 6 rings (SSSR count). The zero-order valence-electron chi connectivity index (χ0n) is 22.1. The molecule has 3 fully saturated rings. The number of carbonyl (C=O) groups excluding carboxylic acids is 2. The van der Waals surface area contributed by atoms with Gasteiger partial charge in [-0.1, -0.05) is 19.9 Å². The first-order valence-corrected chi connectivity index (χ1v) is 13.5. The van der Waals surface area contributed by atoms with Crippen molar-refractivity contribution in [1.82, 2.24) is 25.0 Å². The Labute approximate surface area is 221 Å². The molecule has 1 aromatic carbocycles. The molecule has 2 N–H and O–H groups in total. The lowest BCUT2D eigenvalue weighted by molar-refractivity contribution is -0.134. The fourth-order valence-electron chi connectivity index (χ4n) is 6.25. The Morgan fingerprint density at radius 1 is 1.18 bits per heavy atom. The molecule has 2 unspecified atom stereocenters. The predicted molar refractivity (Wildman–Crippen MR) is 140 cm³/mol. The number of aromatic nitrogens is 3. The molecular formula is C29H34FN5O3. The minimum Gasteiger partial charge on any atom is -0.384 e. The van der Waals surface area contributed by atoms with Crippen molar-refractivity contribution in [2.45, 2.75) is 69.9 Å². The van der Waals surface area contributed by atoms with E-state index in [9.17, 15) is 14.7 Å². The molecule has 1 saturated carbocycles. The highest BCUT2D eigenvalue weighted by Crippen LogP contribution is 2.48. The highest BCUT2D eigenvalue weighted by Gasteiger charge is 2.50. The summed E-state index contributed by atoms with van der Waals surface area (Å²) in [7, 11) is 1.98. The van der Waals surface area contributed by atoms with Gasteiger partial charge in [0.2, 0.25) is 11.8 Å². The lowest BCUT2D eigenvalue weighted by atomic mass is 9.66. The number of amides is 2. The van der Waals surface area contributed by atoms with Crippen LogP contribution in [0.2, 0.25) is 0 Å². The predicted octanol–water partition coefficient (Wildman–Crippen LogP) is 3.62. The van der Waals surface area contributed by atoms with Gasteiger partial charge in [0.05, 0.1) is 28.4 Å². The van der Waals surface area contributed by atoms with Crippen LogP contribution in [0.15, 0.2) is 30.5 Å². The maximum Gasteiger partial charge on any atom is 0.234 e. The van der Waals surface area contributed by atoms with Crippen LogP contribution in [0.1, 0.15) is 80.3 Å². The summed E-state index contributed by atoms with van der Waals surface area (Å²) in [4.78, 5) is 30.7. The van der Waals surface area contributed by atoms with Crippen LogP contribution < -0.4 is 5.32 Å². The Kier molecular flexibility index (Phi) is 5.92. The number of rotatable bonds is 5. The molecule has 3 aliphatic rings. The highest BCUT2D eigenvalue weighted by molar-refractivity contribution is 6.01. The van der Waals surface area contributed by atoms with Gasteiger partial charge in [0, 0.05) is 61.6 Å². The Hall–Kier alpha value is -3.17. The molecule has 1 aliphatic carbocycles. The molecule has 0 radical (unpaired) electrons. The molecule has 2 saturated heterocycles. The summed E-state index contributed by atoms with van der Waals surface area (Å²) in [5, 5.41) is 19.3. The second-order valence-corrected chi connectivity index (χ2v) is 11.9. The summed E-state index contributed by atoms with van der Waals surface area (Å²) in [5.74, 6) is -1.14. The number of pyridine rings is 1. The molecule has 200 valence electrons. The Morgan fingerprint density at radius 2 is 1.97 bits per heavy atom. The largest absolute Gasteiger partial charge is 0.384 e. The second kappa shape index (κ2) is 8.95. The first-order chi connectivity index (χ1) is 18.1. The highest BCUT2D eigenvalue weighted by atomic mass is 19.1. The molecular weight excluding hydrogens is 485 g/mol. The zero-order valence-corrected chi connectivity index (χ0v) is 22.1. The third kappa shape index (κ3) is 4.22. The SMILES string of the molecule is Cn1nc(C2CC2)cc1CN1CCC(O)(c2ccc3ncc(C4CCC(=O)NC4=O)cc3c2F)C(C)(C)C1. The molecule has 2 aliphatic heterocycles. The van der Waals surface area contributed by atoms with E-state index in [0.29, 0.717) is 42.9 Å². The molecule has 2 atom stereocenters. The Bertz CT molecular complexity index is 1450. The number of fused-ring (bicyclic) bond motifs is 1. The number of likely N-dealkylation sites (tertiary alicyclic amines) is 1. The number of carbonyl (C=O) groups is 2. The van der Waals surface area contributed by atoms with Crippen molar-refractivity contribution in [3.05, 3.63) is 58.8 Å². The fourth-order valence-corrected chi connectivity index (χ4v) is 6.25. The molecule has 2 amide bonds. The van der Waals surface area contributed by atoms with Crippen LogP contribution in [0.3, 0.4) is 0 Å². The van der Waals surface area contributed by atoms with Gasteiger partial charge in [-0.05, 0) is 49.4 Å². The average molecular weight is 520 g/mol. The lowest BCUT2D eigenvalue weighted by Gasteiger charge is -2.50. The van der Waals surface area contributed by atoms with Crippen molar-refractivity contribution in [3.63, 3.8) is 0 Å². The summed E-state index contributed by atoms with van der Waals surface area (Å²) < 4.78 is 18.1. The van der Waals surface area contributed by atoms with Gasteiger partial charge in [-0.2, -0.15) is 5.10 Å². The van der Waals surface area contributed by atoms with Gasteiger partial charge < -0.3 is 5.11 Å². The van der Waals surface area contributed by atoms with E-state index in [4.69, 9.17) is 0 Å². The van der Waals surface area contributed by atoms with E-state index in [1.807, 2.05) is 25.6 Å². The number of nitrogens with one attached hydrogen (secondary N) is 1. The number of aliphatic hydroxyl groups is 1. The topological polar surface area (TPSA) is 100 Å². The molecule has 9 heteroatoms. The van der Waals surface area contributed by atoms with Crippen molar-refractivity contribution in [1.29, 1.82) is 0 Å². The van der Waals surface area contributed by atoms with Gasteiger partial charge in [-0.15, -0.1) is 0 Å². The summed E-state index contributed by atoms with van der Waals surface area (Å²) in [5.41, 5.74) is 1.60. The maximum absolute atomic E-state index is 16.1. The van der Waals surface area contributed by atoms with E-state index in [2.05, 4.69) is 26.4 Å². The van der Waals surface area contributed by atoms with Crippen molar-refractivity contribution in [2.24, 2.45) is 12.5 Å². The number of imide groups is 1. The average Bonchev–Trinajstić information content (AvgIpc) is 3.65. The number of nitrogens with zero attached hydrogens (tertiary/aromatic N) is 4. The van der Waals surface area contributed by atoms with Gasteiger partial charge in [-0.25, -0.2) is 4.39 Å². The van der Waals surface area contributed by atoms with E-state index < -0.39 is 22.8 Å². The third-order valence-electron chi connectivity index (χ3n) is 8.81. The van der Waals surface area contributed by atoms with Crippen molar-refractivity contribution < 1.29 is 19.1 Å². The smallest absolute Gasteiger partial charge is 0.234 e. The normalized spacial score (nSPS) is 26.1.